The van der Waals surface area contributed by atoms with Crippen LogP contribution in [-0.2, 0) is 9.53 Å². The van der Waals surface area contributed by atoms with Gasteiger partial charge in [-0.3, -0.25) is 4.90 Å². The maximum absolute atomic E-state index is 13.1. The molecule has 0 bridgehead atoms. The number of nitrogens with one attached hydrogen (secondary N) is 3. The lowest BCUT2D eigenvalue weighted by molar-refractivity contribution is -0.143. The van der Waals surface area contributed by atoms with E-state index in [1.165, 1.54) is 0 Å². The SMILES string of the molecule is CCCCN1C(=O)NC(c2cccc(NC(=O)Nc3ccc(Br)cc3)c2)C(C(=O)OC(C)C)=C1C. The fourth-order valence-electron chi connectivity index (χ4n) is 3.78. The number of rotatable bonds is 8. The van der Waals surface area contributed by atoms with Gasteiger partial charge in [0.1, 0.15) is 0 Å². The van der Waals surface area contributed by atoms with Gasteiger partial charge in [0.25, 0.3) is 0 Å². The first-order valence-corrected chi connectivity index (χ1v) is 12.4. The Bertz CT molecular complexity index is 1110. The first-order chi connectivity index (χ1) is 16.7. The van der Waals surface area contributed by atoms with Crippen LogP contribution in [0.4, 0.5) is 21.0 Å². The Hall–Kier alpha value is -3.33. The first kappa shape index (κ1) is 26.3. The van der Waals surface area contributed by atoms with Crippen LogP contribution in [-0.4, -0.2) is 35.6 Å². The van der Waals surface area contributed by atoms with E-state index in [0.717, 1.165) is 17.3 Å². The fourth-order valence-corrected chi connectivity index (χ4v) is 4.05. The Morgan fingerprint density at radius 2 is 1.80 bits per heavy atom. The predicted octanol–water partition coefficient (Wildman–Crippen LogP) is 6.19. The number of allylic oxidation sites excluding steroid dienone is 1. The third-order valence-corrected chi connectivity index (χ3v) is 6.00. The smallest absolute Gasteiger partial charge is 0.338 e. The van der Waals surface area contributed by atoms with E-state index in [4.69, 9.17) is 4.74 Å². The Balaban J connectivity index is 1.87. The van der Waals surface area contributed by atoms with Crippen molar-refractivity contribution in [3.05, 3.63) is 69.8 Å². The van der Waals surface area contributed by atoms with Crippen molar-refractivity contribution in [3.8, 4) is 0 Å². The molecule has 4 amide bonds. The molecule has 0 aliphatic carbocycles. The topological polar surface area (TPSA) is 99.8 Å². The second kappa shape index (κ2) is 11.9. The molecule has 0 aromatic heterocycles. The lowest BCUT2D eigenvalue weighted by atomic mass is 9.94. The number of amides is 4. The number of esters is 1. The number of halogens is 1. The van der Waals surface area contributed by atoms with Gasteiger partial charge in [0.2, 0.25) is 0 Å². The molecule has 2 aromatic carbocycles. The van der Waals surface area contributed by atoms with E-state index in [1.54, 1.807) is 62.1 Å². The molecule has 1 aliphatic rings. The summed E-state index contributed by atoms with van der Waals surface area (Å²) in [6, 6.07) is 12.9. The average molecular weight is 543 g/mol. The molecular formula is C26H31BrN4O4. The van der Waals surface area contributed by atoms with E-state index in [9.17, 15) is 14.4 Å². The molecule has 1 heterocycles. The van der Waals surface area contributed by atoms with E-state index in [-0.39, 0.29) is 12.1 Å². The van der Waals surface area contributed by atoms with Crippen LogP contribution in [0.1, 0.15) is 52.1 Å². The summed E-state index contributed by atoms with van der Waals surface area (Å²) >= 11 is 3.37. The molecule has 0 saturated carbocycles. The summed E-state index contributed by atoms with van der Waals surface area (Å²) in [6.45, 7) is 7.90. The molecule has 3 N–H and O–H groups in total. The van der Waals surface area contributed by atoms with Crippen molar-refractivity contribution in [2.24, 2.45) is 0 Å². The van der Waals surface area contributed by atoms with Gasteiger partial charge < -0.3 is 20.7 Å². The number of nitrogens with zero attached hydrogens (tertiary/aromatic N) is 1. The van der Waals surface area contributed by atoms with Gasteiger partial charge in [-0.2, -0.15) is 0 Å². The van der Waals surface area contributed by atoms with Gasteiger partial charge in [-0.25, -0.2) is 14.4 Å². The summed E-state index contributed by atoms with van der Waals surface area (Å²) in [5.41, 5.74) is 2.78. The highest BCUT2D eigenvalue weighted by atomic mass is 79.9. The standard InChI is InChI=1S/C26H31BrN4O4/c1-5-6-14-31-17(4)22(24(32)35-16(2)3)23(30-26(31)34)18-8-7-9-21(15-18)29-25(33)28-20-12-10-19(27)11-13-20/h7-13,15-16,23H,5-6,14H2,1-4H3,(H,30,34)(H2,28,29,33). The molecule has 0 spiro atoms. The zero-order valence-corrected chi connectivity index (χ0v) is 21.9. The summed E-state index contributed by atoms with van der Waals surface area (Å²) in [5, 5.41) is 8.52. The minimum atomic E-state index is -0.706. The molecule has 2 aromatic rings. The van der Waals surface area contributed by atoms with Crippen LogP contribution in [0.15, 0.2) is 64.3 Å². The van der Waals surface area contributed by atoms with Gasteiger partial charge in [-0.15, -0.1) is 0 Å². The lowest BCUT2D eigenvalue weighted by Gasteiger charge is -2.35. The molecule has 9 heteroatoms. The van der Waals surface area contributed by atoms with Crippen LogP contribution in [0.5, 0.6) is 0 Å². The van der Waals surface area contributed by atoms with Crippen LogP contribution >= 0.6 is 15.9 Å². The zero-order chi connectivity index (χ0) is 25.5. The molecule has 35 heavy (non-hydrogen) atoms. The number of anilines is 2. The summed E-state index contributed by atoms with van der Waals surface area (Å²) in [4.78, 5) is 40.1. The van der Waals surface area contributed by atoms with Crippen molar-refractivity contribution in [1.82, 2.24) is 10.2 Å². The van der Waals surface area contributed by atoms with Gasteiger partial charge in [0, 0.05) is 28.1 Å². The molecule has 1 unspecified atom stereocenters. The van der Waals surface area contributed by atoms with E-state index in [1.807, 2.05) is 19.1 Å². The first-order valence-electron chi connectivity index (χ1n) is 11.6. The molecule has 1 aliphatic heterocycles. The van der Waals surface area contributed by atoms with E-state index in [2.05, 4.69) is 31.9 Å². The number of benzene rings is 2. The monoisotopic (exact) mass is 542 g/mol. The van der Waals surface area contributed by atoms with E-state index < -0.39 is 18.0 Å². The van der Waals surface area contributed by atoms with Crippen molar-refractivity contribution < 1.29 is 19.1 Å². The van der Waals surface area contributed by atoms with Crippen molar-refractivity contribution in [2.75, 3.05) is 17.2 Å². The average Bonchev–Trinajstić information content (AvgIpc) is 2.79. The molecule has 8 nitrogen and oxygen atoms in total. The minimum absolute atomic E-state index is 0.270. The van der Waals surface area contributed by atoms with Gasteiger partial charge in [-0.05, 0) is 69.2 Å². The van der Waals surface area contributed by atoms with Gasteiger partial charge in [-0.1, -0.05) is 41.4 Å². The lowest BCUT2D eigenvalue weighted by Crippen LogP contribution is -2.48. The number of hydrogen-bond donors (Lipinski definition) is 3. The van der Waals surface area contributed by atoms with Crippen LogP contribution < -0.4 is 16.0 Å². The molecule has 186 valence electrons. The maximum Gasteiger partial charge on any atom is 0.338 e. The highest BCUT2D eigenvalue weighted by molar-refractivity contribution is 9.10. The van der Waals surface area contributed by atoms with Crippen molar-refractivity contribution in [2.45, 2.75) is 52.7 Å². The van der Waals surface area contributed by atoms with Gasteiger partial charge in [0.15, 0.2) is 0 Å². The number of carbonyl (C=O) groups excluding carboxylic acids is 3. The highest BCUT2D eigenvalue weighted by Gasteiger charge is 2.36. The highest BCUT2D eigenvalue weighted by Crippen LogP contribution is 2.33. The summed E-state index contributed by atoms with van der Waals surface area (Å²) in [5.74, 6) is -0.477. The number of unbranched alkanes of at least 4 members (excludes halogenated alkanes) is 1. The second-order valence-electron chi connectivity index (χ2n) is 8.55. The number of carbonyl (C=O) groups is 3. The van der Waals surface area contributed by atoms with Crippen LogP contribution in [0.25, 0.3) is 0 Å². The van der Waals surface area contributed by atoms with Gasteiger partial charge >= 0.3 is 18.0 Å². The quantitative estimate of drug-likeness (QED) is 0.346. The third kappa shape index (κ3) is 6.85. The summed E-state index contributed by atoms with van der Waals surface area (Å²) < 4.78 is 6.42. The summed E-state index contributed by atoms with van der Waals surface area (Å²) in [6.07, 6.45) is 1.43. The Morgan fingerprint density at radius 1 is 1.11 bits per heavy atom. The fraction of sp³-hybridized carbons (Fsp3) is 0.346. The van der Waals surface area contributed by atoms with Crippen LogP contribution in [0.2, 0.25) is 0 Å². The largest absolute Gasteiger partial charge is 0.459 e. The van der Waals surface area contributed by atoms with Crippen molar-refractivity contribution in [3.63, 3.8) is 0 Å². The van der Waals surface area contributed by atoms with Gasteiger partial charge in [0.05, 0.1) is 17.7 Å². The number of ether oxygens (including phenoxy) is 1. The number of hydrogen-bond acceptors (Lipinski definition) is 4. The normalized spacial score (nSPS) is 15.7. The van der Waals surface area contributed by atoms with Crippen LogP contribution in [0.3, 0.4) is 0 Å². The van der Waals surface area contributed by atoms with Crippen LogP contribution in [0, 0.1) is 0 Å². The van der Waals surface area contributed by atoms with Crippen molar-refractivity contribution in [1.29, 1.82) is 0 Å². The molecule has 0 radical (unpaired) electrons. The Labute approximate surface area is 214 Å². The van der Waals surface area contributed by atoms with E-state index >= 15 is 0 Å². The Morgan fingerprint density at radius 3 is 2.46 bits per heavy atom. The molecule has 1 atom stereocenters. The maximum atomic E-state index is 13.1. The molecule has 3 rings (SSSR count). The third-order valence-electron chi connectivity index (χ3n) is 5.47. The second-order valence-corrected chi connectivity index (χ2v) is 9.47. The molecule has 0 fully saturated rings. The molecular weight excluding hydrogens is 512 g/mol. The molecule has 0 saturated heterocycles. The zero-order valence-electron chi connectivity index (χ0n) is 20.4. The summed E-state index contributed by atoms with van der Waals surface area (Å²) in [7, 11) is 0. The predicted molar refractivity (Wildman–Crippen MR) is 140 cm³/mol. The van der Waals surface area contributed by atoms with Crippen molar-refractivity contribution >= 4 is 45.3 Å². The Kier molecular flexibility index (Phi) is 8.92. The number of urea groups is 2. The minimum Gasteiger partial charge on any atom is -0.459 e. The van der Waals surface area contributed by atoms with E-state index in [0.29, 0.717) is 34.8 Å².